The zero-order chi connectivity index (χ0) is 23.9. The minimum Gasteiger partial charge on any atom is -0.490 e. The van der Waals surface area contributed by atoms with Crippen LogP contribution >= 0.6 is 0 Å². The molecule has 1 amide bonds. The van der Waals surface area contributed by atoms with Gasteiger partial charge in [0.15, 0.2) is 17.3 Å². The summed E-state index contributed by atoms with van der Waals surface area (Å²) in [4.78, 5) is 22.2. The smallest absolute Gasteiger partial charge is 0.229 e. The minimum atomic E-state index is -0.917. The van der Waals surface area contributed by atoms with Crippen LogP contribution in [-0.4, -0.2) is 70.8 Å². The normalized spacial score (nSPS) is 19.4. The number of nitrogens with zero attached hydrogens (tertiary/aromatic N) is 5. The minimum absolute atomic E-state index is 0.0445. The second-order valence-electron chi connectivity index (χ2n) is 9.53. The van der Waals surface area contributed by atoms with E-state index in [-0.39, 0.29) is 17.9 Å². The molecule has 184 valence electrons. The fourth-order valence-electron chi connectivity index (χ4n) is 5.34. The third kappa shape index (κ3) is 4.20. The Balaban J connectivity index is 1.08. The van der Waals surface area contributed by atoms with Crippen LogP contribution in [0.25, 0.3) is 5.65 Å². The summed E-state index contributed by atoms with van der Waals surface area (Å²) in [6.45, 7) is 4.37. The van der Waals surface area contributed by atoms with Crippen molar-refractivity contribution in [1.82, 2.24) is 24.8 Å². The molecule has 0 bridgehead atoms. The predicted octanol–water partition coefficient (Wildman–Crippen LogP) is 2.20. The molecule has 2 saturated heterocycles. The van der Waals surface area contributed by atoms with Gasteiger partial charge in [-0.3, -0.25) is 4.79 Å². The molecule has 3 aliphatic rings. The van der Waals surface area contributed by atoms with Gasteiger partial charge in [0.05, 0.1) is 17.8 Å². The van der Waals surface area contributed by atoms with Gasteiger partial charge in [-0.1, -0.05) is 0 Å². The van der Waals surface area contributed by atoms with Crippen molar-refractivity contribution in [3.05, 3.63) is 53.4 Å². The first-order valence-corrected chi connectivity index (χ1v) is 12.3. The summed E-state index contributed by atoms with van der Waals surface area (Å²) in [6.07, 6.45) is 4.78. The fraction of sp³-hybridized carbons (Fsp3) is 0.480. The second kappa shape index (κ2) is 9.07. The van der Waals surface area contributed by atoms with E-state index in [0.29, 0.717) is 44.8 Å². The van der Waals surface area contributed by atoms with E-state index in [1.54, 1.807) is 6.20 Å². The number of amides is 1. The van der Waals surface area contributed by atoms with E-state index >= 15 is 0 Å². The topological polar surface area (TPSA) is 75.0 Å². The van der Waals surface area contributed by atoms with E-state index < -0.39 is 11.6 Å². The molecule has 2 fully saturated rings. The lowest BCUT2D eigenvalue weighted by Crippen LogP contribution is -2.57. The van der Waals surface area contributed by atoms with Gasteiger partial charge in [-0.15, -0.1) is 0 Å². The zero-order valence-electron chi connectivity index (χ0n) is 19.4. The Morgan fingerprint density at radius 2 is 1.86 bits per heavy atom. The fourth-order valence-corrected chi connectivity index (χ4v) is 5.34. The molecule has 3 aliphatic heterocycles. The highest BCUT2D eigenvalue weighted by Crippen LogP contribution is 2.32. The molecule has 8 nitrogen and oxygen atoms in total. The van der Waals surface area contributed by atoms with Crippen LogP contribution in [-0.2, 0) is 17.6 Å². The van der Waals surface area contributed by atoms with Crippen LogP contribution in [0.15, 0.2) is 30.5 Å². The van der Waals surface area contributed by atoms with Gasteiger partial charge in [0, 0.05) is 69.7 Å². The average molecular weight is 483 g/mol. The summed E-state index contributed by atoms with van der Waals surface area (Å²) in [5.74, 6) is -0.288. The van der Waals surface area contributed by atoms with Crippen molar-refractivity contribution in [1.29, 1.82) is 0 Å². The molecule has 0 spiro atoms. The van der Waals surface area contributed by atoms with Crippen LogP contribution < -0.4 is 15.0 Å². The highest BCUT2D eigenvalue weighted by atomic mass is 19.2. The molecule has 2 aromatic heterocycles. The summed E-state index contributed by atoms with van der Waals surface area (Å²) >= 11 is 0. The first kappa shape index (κ1) is 22.2. The number of hydrogen-bond donors (Lipinski definition) is 1. The first-order chi connectivity index (χ1) is 17.1. The number of carbonyl (C=O) groups excluding carboxylic acids is 1. The maximum Gasteiger partial charge on any atom is 0.229 e. The molecule has 0 aliphatic carbocycles. The number of anilines is 1. The molecule has 0 saturated carbocycles. The van der Waals surface area contributed by atoms with Gasteiger partial charge < -0.3 is 19.9 Å². The Bertz CT molecular complexity index is 1250. The number of benzene rings is 1. The van der Waals surface area contributed by atoms with Gasteiger partial charge in [-0.05, 0) is 25.1 Å². The van der Waals surface area contributed by atoms with Crippen molar-refractivity contribution in [3.8, 4) is 5.75 Å². The number of piperidine rings is 1. The van der Waals surface area contributed by atoms with Crippen molar-refractivity contribution in [3.63, 3.8) is 0 Å². The molecule has 35 heavy (non-hydrogen) atoms. The molecule has 1 N–H and O–H groups in total. The maximum atomic E-state index is 13.4. The highest BCUT2D eigenvalue weighted by Gasteiger charge is 2.39. The molecule has 5 heterocycles. The molecule has 0 atom stereocenters. The van der Waals surface area contributed by atoms with Crippen LogP contribution in [0.3, 0.4) is 0 Å². The number of ether oxygens (including phenoxy) is 1. The number of nitrogens with one attached hydrogen (secondary N) is 1. The summed E-state index contributed by atoms with van der Waals surface area (Å²) < 4.78 is 34.3. The van der Waals surface area contributed by atoms with Gasteiger partial charge >= 0.3 is 0 Å². The maximum absolute atomic E-state index is 13.4. The monoisotopic (exact) mass is 482 g/mol. The molecule has 0 unspecified atom stereocenters. The van der Waals surface area contributed by atoms with E-state index in [1.807, 2.05) is 15.5 Å². The zero-order valence-corrected chi connectivity index (χ0v) is 19.4. The number of fused-ring (bicyclic) bond motifs is 2. The first-order valence-electron chi connectivity index (χ1n) is 12.3. The summed E-state index contributed by atoms with van der Waals surface area (Å²) in [7, 11) is 0. The molecular formula is C25H28F2N6O2. The molecular weight excluding hydrogens is 454 g/mol. The third-order valence-corrected chi connectivity index (χ3v) is 7.26. The van der Waals surface area contributed by atoms with Crippen molar-refractivity contribution in [2.75, 3.05) is 44.2 Å². The van der Waals surface area contributed by atoms with Crippen molar-refractivity contribution < 1.29 is 18.3 Å². The molecule has 3 aromatic rings. The van der Waals surface area contributed by atoms with E-state index in [1.165, 1.54) is 11.6 Å². The quantitative estimate of drug-likeness (QED) is 0.615. The summed E-state index contributed by atoms with van der Waals surface area (Å²) in [5, 5.41) is 7.95. The van der Waals surface area contributed by atoms with Gasteiger partial charge in [0.2, 0.25) is 5.91 Å². The average Bonchev–Trinajstić information content (AvgIpc) is 3.17. The highest BCUT2D eigenvalue weighted by molar-refractivity contribution is 5.82. The van der Waals surface area contributed by atoms with E-state index in [4.69, 9.17) is 9.72 Å². The Kier molecular flexibility index (Phi) is 5.75. The lowest BCUT2D eigenvalue weighted by Gasteiger charge is -2.44. The molecule has 10 heteroatoms. The Labute approximate surface area is 201 Å². The molecule has 1 aromatic carbocycles. The Morgan fingerprint density at radius 3 is 2.66 bits per heavy atom. The van der Waals surface area contributed by atoms with Gasteiger partial charge in [0.25, 0.3) is 0 Å². The van der Waals surface area contributed by atoms with Crippen LogP contribution in [0.2, 0.25) is 0 Å². The Morgan fingerprint density at radius 1 is 1.06 bits per heavy atom. The standard InChI is InChI=1S/C25H28F2N6O2/c26-20-2-1-18(13-21(20)27)35-17-6-11-31(12-7-17)25(34)16-14-32(15-16)24-19-3-8-28-9-4-22(19)30-23-5-10-29-33(23)24/h1-2,5,10,13,16-17,28H,3-4,6-9,11-12,14-15H2. The number of halogens is 2. The number of carbonyl (C=O) groups is 1. The van der Waals surface area contributed by atoms with Crippen molar-refractivity contribution >= 4 is 17.4 Å². The summed E-state index contributed by atoms with van der Waals surface area (Å²) in [5.41, 5.74) is 3.20. The van der Waals surface area contributed by atoms with Crippen molar-refractivity contribution in [2.45, 2.75) is 31.8 Å². The lowest BCUT2D eigenvalue weighted by molar-refractivity contribution is -0.138. The van der Waals surface area contributed by atoms with Crippen LogP contribution in [0.5, 0.6) is 5.75 Å². The Hall–Kier alpha value is -3.27. The van der Waals surface area contributed by atoms with E-state index in [9.17, 15) is 13.6 Å². The van der Waals surface area contributed by atoms with Crippen LogP contribution in [0.4, 0.5) is 14.6 Å². The number of rotatable bonds is 4. The van der Waals surface area contributed by atoms with Gasteiger partial charge in [0.1, 0.15) is 17.7 Å². The van der Waals surface area contributed by atoms with E-state index in [0.717, 1.165) is 55.2 Å². The van der Waals surface area contributed by atoms with Crippen molar-refractivity contribution in [2.24, 2.45) is 5.92 Å². The van der Waals surface area contributed by atoms with Crippen LogP contribution in [0, 0.1) is 17.6 Å². The van der Waals surface area contributed by atoms with E-state index in [2.05, 4.69) is 15.3 Å². The third-order valence-electron chi connectivity index (χ3n) is 7.26. The largest absolute Gasteiger partial charge is 0.490 e. The number of likely N-dealkylation sites (tertiary alicyclic amines) is 1. The summed E-state index contributed by atoms with van der Waals surface area (Å²) in [6, 6.07) is 5.51. The van der Waals surface area contributed by atoms with Crippen LogP contribution in [0.1, 0.15) is 24.1 Å². The predicted molar refractivity (Wildman–Crippen MR) is 126 cm³/mol. The molecule has 0 radical (unpaired) electrons. The second-order valence-corrected chi connectivity index (χ2v) is 9.53. The van der Waals surface area contributed by atoms with Gasteiger partial charge in [-0.25, -0.2) is 13.8 Å². The SMILES string of the molecule is O=C(C1CN(c2c3c(nc4ccnn24)CCNCC3)C1)N1CCC(Oc2ccc(F)c(F)c2)CC1. The number of hydrogen-bond acceptors (Lipinski definition) is 6. The number of aromatic nitrogens is 3. The molecule has 6 rings (SSSR count). The van der Waals surface area contributed by atoms with Gasteiger partial charge in [-0.2, -0.15) is 9.61 Å². The lowest BCUT2D eigenvalue weighted by atomic mass is 9.95.